The van der Waals surface area contributed by atoms with Crippen molar-refractivity contribution in [3.05, 3.63) is 188 Å². The van der Waals surface area contributed by atoms with Gasteiger partial charge >= 0.3 is 0 Å². The minimum Gasteiger partial charge on any atom is -0.455 e. The molecule has 0 N–H and O–H groups in total. The van der Waals surface area contributed by atoms with E-state index in [1.54, 1.807) is 0 Å². The molecule has 0 saturated carbocycles. The SMILES string of the molecule is Cc1ccccc1-c1ccc(-c2nc(-c3ccccc3)nc(-c3ccc4c(c3)oc3c5ccccc5cc(-c5ccc(-c6ccccc6)cc5)c43)n2)cc1. The number of nitrogens with zero attached hydrogens (tertiary/aromatic N) is 3. The number of aromatic nitrogens is 3. The number of furan rings is 1. The quantitative estimate of drug-likeness (QED) is 0.174. The van der Waals surface area contributed by atoms with Crippen LogP contribution in [-0.2, 0) is 0 Å². The lowest BCUT2D eigenvalue weighted by molar-refractivity contribution is 0.673. The van der Waals surface area contributed by atoms with E-state index < -0.39 is 0 Å². The van der Waals surface area contributed by atoms with Crippen molar-refractivity contribution in [3.63, 3.8) is 0 Å². The van der Waals surface area contributed by atoms with Gasteiger partial charge in [-0.15, -0.1) is 0 Å². The summed E-state index contributed by atoms with van der Waals surface area (Å²) in [6, 6.07) is 63.3. The van der Waals surface area contributed by atoms with Crippen LogP contribution in [0.4, 0.5) is 0 Å². The fourth-order valence-electron chi connectivity index (χ4n) is 7.50. The molecule has 254 valence electrons. The molecule has 54 heavy (non-hydrogen) atoms. The second-order valence-electron chi connectivity index (χ2n) is 13.7. The predicted octanol–water partition coefficient (Wildman–Crippen LogP) is 13.2. The Labute approximate surface area is 313 Å². The Hall–Kier alpha value is -7.17. The average molecular weight is 692 g/mol. The van der Waals surface area contributed by atoms with E-state index in [4.69, 9.17) is 19.4 Å². The Morgan fingerprint density at radius 2 is 0.870 bits per heavy atom. The molecule has 2 heterocycles. The maximum absolute atomic E-state index is 6.81. The highest BCUT2D eigenvalue weighted by molar-refractivity contribution is 6.21. The van der Waals surface area contributed by atoms with Gasteiger partial charge in [0.05, 0.1) is 0 Å². The molecule has 0 amide bonds. The molecule has 0 bridgehead atoms. The first-order valence-corrected chi connectivity index (χ1v) is 18.2. The first-order valence-electron chi connectivity index (χ1n) is 18.2. The summed E-state index contributed by atoms with van der Waals surface area (Å²) >= 11 is 0. The van der Waals surface area contributed by atoms with Crippen molar-refractivity contribution in [1.29, 1.82) is 0 Å². The summed E-state index contributed by atoms with van der Waals surface area (Å²) in [5, 5.41) is 4.36. The standard InChI is InChI=1S/C50H33N3O/c1-32-12-8-10-18-41(32)35-24-26-38(27-25-35)49-51-48(37-15-6-3-7-16-37)52-50(53-49)40-28-29-43-45(31-40)54-47-42-19-11-9-17-39(42)30-44(46(43)47)36-22-20-34(21-23-36)33-13-4-2-5-14-33/h2-31H,1H3. The fraction of sp³-hybridized carbons (Fsp3) is 0.0200. The molecule has 4 nitrogen and oxygen atoms in total. The third kappa shape index (κ3) is 5.62. The summed E-state index contributed by atoms with van der Waals surface area (Å²) in [7, 11) is 0. The van der Waals surface area contributed by atoms with Gasteiger partial charge in [0.15, 0.2) is 17.5 Å². The van der Waals surface area contributed by atoms with Crippen molar-refractivity contribution in [2.24, 2.45) is 0 Å². The van der Waals surface area contributed by atoms with Crippen molar-refractivity contribution in [2.45, 2.75) is 6.92 Å². The van der Waals surface area contributed by atoms with Gasteiger partial charge in [0.25, 0.3) is 0 Å². The summed E-state index contributed by atoms with van der Waals surface area (Å²) in [6.07, 6.45) is 0. The molecule has 0 saturated heterocycles. The van der Waals surface area contributed by atoms with Crippen LogP contribution in [0.15, 0.2) is 186 Å². The number of rotatable bonds is 6. The first-order chi connectivity index (χ1) is 26.7. The van der Waals surface area contributed by atoms with Crippen LogP contribution in [-0.4, -0.2) is 15.0 Å². The monoisotopic (exact) mass is 691 g/mol. The number of hydrogen-bond acceptors (Lipinski definition) is 4. The van der Waals surface area contributed by atoms with Gasteiger partial charge in [0.1, 0.15) is 11.2 Å². The molecule has 10 aromatic rings. The summed E-state index contributed by atoms with van der Waals surface area (Å²) < 4.78 is 6.81. The smallest absolute Gasteiger partial charge is 0.164 e. The number of fused-ring (bicyclic) bond motifs is 5. The lowest BCUT2D eigenvalue weighted by Crippen LogP contribution is -2.00. The van der Waals surface area contributed by atoms with Gasteiger partial charge in [-0.1, -0.05) is 164 Å². The topological polar surface area (TPSA) is 51.8 Å². The zero-order chi connectivity index (χ0) is 36.0. The molecule has 0 fully saturated rings. The van der Waals surface area contributed by atoms with Crippen LogP contribution in [0.5, 0.6) is 0 Å². The highest BCUT2D eigenvalue weighted by atomic mass is 16.3. The van der Waals surface area contributed by atoms with E-state index in [9.17, 15) is 0 Å². The molecule has 0 aliphatic heterocycles. The van der Waals surface area contributed by atoms with E-state index in [-0.39, 0.29) is 0 Å². The molecule has 0 atom stereocenters. The van der Waals surface area contributed by atoms with Crippen LogP contribution in [0.1, 0.15) is 5.56 Å². The van der Waals surface area contributed by atoms with Gasteiger partial charge in [-0.25, -0.2) is 15.0 Å². The third-order valence-electron chi connectivity index (χ3n) is 10.3. The summed E-state index contributed by atoms with van der Waals surface area (Å²) in [4.78, 5) is 15.1. The van der Waals surface area contributed by atoms with Gasteiger partial charge in [-0.05, 0) is 69.5 Å². The summed E-state index contributed by atoms with van der Waals surface area (Å²) in [5.41, 5.74) is 12.6. The van der Waals surface area contributed by atoms with Crippen LogP contribution in [0, 0.1) is 6.92 Å². The highest BCUT2D eigenvalue weighted by Crippen LogP contribution is 2.42. The normalized spacial score (nSPS) is 11.4. The van der Waals surface area contributed by atoms with E-state index in [0.29, 0.717) is 17.5 Å². The van der Waals surface area contributed by atoms with Crippen molar-refractivity contribution < 1.29 is 4.42 Å². The van der Waals surface area contributed by atoms with Crippen molar-refractivity contribution in [3.8, 4) is 67.5 Å². The Balaban J connectivity index is 1.11. The second-order valence-corrected chi connectivity index (χ2v) is 13.7. The Morgan fingerprint density at radius 3 is 1.57 bits per heavy atom. The third-order valence-corrected chi connectivity index (χ3v) is 10.3. The molecule has 0 aliphatic carbocycles. The van der Waals surface area contributed by atoms with E-state index in [1.807, 2.05) is 36.4 Å². The van der Waals surface area contributed by atoms with Gasteiger partial charge in [0.2, 0.25) is 0 Å². The van der Waals surface area contributed by atoms with Gasteiger partial charge in [0, 0.05) is 32.8 Å². The minimum atomic E-state index is 0.589. The Morgan fingerprint density at radius 1 is 0.370 bits per heavy atom. The van der Waals surface area contributed by atoms with Gasteiger partial charge in [-0.3, -0.25) is 0 Å². The van der Waals surface area contributed by atoms with E-state index in [0.717, 1.165) is 66.1 Å². The Bertz CT molecular complexity index is 2970. The van der Waals surface area contributed by atoms with Crippen LogP contribution >= 0.6 is 0 Å². The van der Waals surface area contributed by atoms with Crippen LogP contribution in [0.3, 0.4) is 0 Å². The molecule has 0 aliphatic rings. The molecule has 4 heteroatoms. The highest BCUT2D eigenvalue weighted by Gasteiger charge is 2.19. The molecule has 8 aromatic carbocycles. The van der Waals surface area contributed by atoms with E-state index >= 15 is 0 Å². The number of benzene rings is 8. The maximum Gasteiger partial charge on any atom is 0.164 e. The average Bonchev–Trinajstić information content (AvgIpc) is 3.64. The molecular formula is C50H33N3O. The zero-order valence-electron chi connectivity index (χ0n) is 29.6. The summed E-state index contributed by atoms with van der Waals surface area (Å²) in [5.74, 6) is 1.83. The van der Waals surface area contributed by atoms with Crippen molar-refractivity contribution in [2.75, 3.05) is 0 Å². The molecule has 0 spiro atoms. The number of aryl methyl sites for hydroxylation is 1. The predicted molar refractivity (Wildman–Crippen MR) is 222 cm³/mol. The van der Waals surface area contributed by atoms with Gasteiger partial charge < -0.3 is 4.42 Å². The fourth-order valence-corrected chi connectivity index (χ4v) is 7.50. The maximum atomic E-state index is 6.81. The van der Waals surface area contributed by atoms with Crippen molar-refractivity contribution >= 4 is 32.7 Å². The van der Waals surface area contributed by atoms with Gasteiger partial charge in [-0.2, -0.15) is 0 Å². The Kier molecular flexibility index (Phi) is 7.66. The molecule has 0 unspecified atom stereocenters. The largest absolute Gasteiger partial charge is 0.455 e. The van der Waals surface area contributed by atoms with E-state index in [2.05, 4.69) is 153 Å². The first kappa shape index (κ1) is 31.6. The van der Waals surface area contributed by atoms with E-state index in [1.165, 1.54) is 22.3 Å². The van der Waals surface area contributed by atoms with Crippen LogP contribution in [0.25, 0.3) is 100 Å². The lowest BCUT2D eigenvalue weighted by atomic mass is 9.94. The number of hydrogen-bond donors (Lipinski definition) is 0. The molecule has 10 rings (SSSR count). The minimum absolute atomic E-state index is 0.589. The second kappa shape index (κ2) is 13.1. The van der Waals surface area contributed by atoms with Crippen molar-refractivity contribution in [1.82, 2.24) is 15.0 Å². The zero-order valence-corrected chi connectivity index (χ0v) is 29.6. The van der Waals surface area contributed by atoms with Crippen LogP contribution in [0.2, 0.25) is 0 Å². The lowest BCUT2D eigenvalue weighted by Gasteiger charge is -2.10. The summed E-state index contributed by atoms with van der Waals surface area (Å²) in [6.45, 7) is 2.14. The van der Waals surface area contributed by atoms with Crippen LogP contribution < -0.4 is 0 Å². The molecule has 2 aromatic heterocycles. The molecule has 0 radical (unpaired) electrons. The molecular weight excluding hydrogens is 659 g/mol.